The van der Waals surface area contributed by atoms with Crippen LogP contribution >= 0.6 is 0 Å². The van der Waals surface area contributed by atoms with E-state index in [4.69, 9.17) is 4.42 Å². The fraction of sp³-hybridized carbons (Fsp3) is 0.500. The number of carbonyl (C=O) groups is 1. The number of pyridine rings is 1. The Kier molecular flexibility index (Phi) is 4.34. The van der Waals surface area contributed by atoms with Gasteiger partial charge < -0.3 is 9.32 Å². The third-order valence-corrected chi connectivity index (χ3v) is 5.52. The van der Waals surface area contributed by atoms with Crippen LogP contribution in [0.25, 0.3) is 0 Å². The lowest BCUT2D eigenvalue weighted by Crippen LogP contribution is -2.47. The van der Waals surface area contributed by atoms with Gasteiger partial charge in [-0.2, -0.15) is 0 Å². The molecule has 2 fully saturated rings. The molecule has 2 aromatic heterocycles. The standard InChI is InChI=1S/C20H25N3O2/c1-16-5-2-6-17(21-16)13-23-11-9-20(19(23)24)8-4-10-22(15-20)14-18-7-3-12-25-18/h2-3,5-7,12H,4,8-11,13-15H2,1H3/t20-/m0/s1. The zero-order valence-corrected chi connectivity index (χ0v) is 14.8. The van der Waals surface area contributed by atoms with Gasteiger partial charge >= 0.3 is 0 Å². The summed E-state index contributed by atoms with van der Waals surface area (Å²) < 4.78 is 5.48. The Labute approximate surface area is 148 Å². The number of aromatic nitrogens is 1. The van der Waals surface area contributed by atoms with Gasteiger partial charge in [0, 0.05) is 18.8 Å². The van der Waals surface area contributed by atoms with Crippen molar-refractivity contribution in [1.29, 1.82) is 0 Å². The molecular weight excluding hydrogens is 314 g/mol. The molecule has 2 saturated heterocycles. The molecule has 1 amide bonds. The lowest BCUT2D eigenvalue weighted by Gasteiger charge is -2.38. The minimum absolute atomic E-state index is 0.214. The highest BCUT2D eigenvalue weighted by atomic mass is 16.3. The Bertz CT molecular complexity index is 743. The highest BCUT2D eigenvalue weighted by Crippen LogP contribution is 2.41. The molecule has 4 rings (SSSR count). The van der Waals surface area contributed by atoms with Crippen LogP contribution in [0.2, 0.25) is 0 Å². The van der Waals surface area contributed by atoms with Gasteiger partial charge in [-0.1, -0.05) is 6.07 Å². The number of carbonyl (C=O) groups excluding carboxylic acids is 1. The predicted octanol–water partition coefficient (Wildman–Crippen LogP) is 3.00. The van der Waals surface area contributed by atoms with Crippen LogP contribution in [0.3, 0.4) is 0 Å². The molecule has 0 radical (unpaired) electrons. The van der Waals surface area contributed by atoms with E-state index in [0.29, 0.717) is 12.5 Å². The van der Waals surface area contributed by atoms with Crippen molar-refractivity contribution in [2.45, 2.75) is 39.3 Å². The van der Waals surface area contributed by atoms with Gasteiger partial charge in [-0.05, 0) is 57.0 Å². The smallest absolute Gasteiger partial charge is 0.230 e. The lowest BCUT2D eigenvalue weighted by atomic mass is 9.78. The zero-order chi connectivity index (χ0) is 17.3. The van der Waals surface area contributed by atoms with E-state index in [0.717, 1.165) is 62.6 Å². The summed E-state index contributed by atoms with van der Waals surface area (Å²) in [6.07, 6.45) is 4.74. The normalized spacial score (nSPS) is 24.4. The Morgan fingerprint density at radius 2 is 2.08 bits per heavy atom. The Hall–Kier alpha value is -2.14. The minimum atomic E-state index is -0.214. The lowest BCUT2D eigenvalue weighted by molar-refractivity contribution is -0.139. The average molecular weight is 339 g/mol. The van der Waals surface area contributed by atoms with E-state index in [9.17, 15) is 4.79 Å². The van der Waals surface area contributed by atoms with Crippen LogP contribution in [0.1, 0.15) is 36.4 Å². The van der Waals surface area contributed by atoms with Crippen molar-refractivity contribution in [3.05, 3.63) is 53.7 Å². The van der Waals surface area contributed by atoms with Crippen molar-refractivity contribution >= 4 is 5.91 Å². The monoisotopic (exact) mass is 339 g/mol. The number of amides is 1. The molecule has 132 valence electrons. The number of aryl methyl sites for hydroxylation is 1. The predicted molar refractivity (Wildman–Crippen MR) is 94.7 cm³/mol. The van der Waals surface area contributed by atoms with Crippen LogP contribution in [0.4, 0.5) is 0 Å². The fourth-order valence-electron chi connectivity index (χ4n) is 4.29. The van der Waals surface area contributed by atoms with Crippen LogP contribution in [-0.2, 0) is 17.9 Å². The number of piperidine rings is 1. The summed E-state index contributed by atoms with van der Waals surface area (Å²) in [6.45, 7) is 6.12. The molecular formula is C20H25N3O2. The maximum absolute atomic E-state index is 13.2. The summed E-state index contributed by atoms with van der Waals surface area (Å²) in [5.74, 6) is 1.28. The number of furan rings is 1. The van der Waals surface area contributed by atoms with Crippen molar-refractivity contribution in [2.24, 2.45) is 5.41 Å². The van der Waals surface area contributed by atoms with Crippen molar-refractivity contribution < 1.29 is 9.21 Å². The van der Waals surface area contributed by atoms with Gasteiger partial charge in [-0.3, -0.25) is 14.7 Å². The molecule has 1 spiro atoms. The molecule has 0 bridgehead atoms. The first-order valence-electron chi connectivity index (χ1n) is 9.11. The van der Waals surface area contributed by atoms with E-state index in [1.807, 2.05) is 42.2 Å². The van der Waals surface area contributed by atoms with Crippen LogP contribution in [-0.4, -0.2) is 40.3 Å². The van der Waals surface area contributed by atoms with E-state index >= 15 is 0 Å². The van der Waals surface area contributed by atoms with Gasteiger partial charge in [0.1, 0.15) is 5.76 Å². The number of rotatable bonds is 4. The van der Waals surface area contributed by atoms with E-state index in [-0.39, 0.29) is 5.41 Å². The third kappa shape index (κ3) is 3.33. The molecule has 2 aliphatic heterocycles. The quantitative estimate of drug-likeness (QED) is 0.859. The Morgan fingerprint density at radius 1 is 1.16 bits per heavy atom. The SMILES string of the molecule is Cc1cccc(CN2CC[C@]3(CCCN(Cc4ccco4)C3)C2=O)n1. The molecule has 0 unspecified atom stereocenters. The summed E-state index contributed by atoms with van der Waals surface area (Å²) in [5.41, 5.74) is 1.77. The van der Waals surface area contributed by atoms with Crippen LogP contribution in [0, 0.1) is 12.3 Å². The number of hydrogen-bond donors (Lipinski definition) is 0. The first kappa shape index (κ1) is 16.3. The van der Waals surface area contributed by atoms with E-state index in [1.54, 1.807) is 6.26 Å². The van der Waals surface area contributed by atoms with Crippen molar-refractivity contribution in [3.63, 3.8) is 0 Å². The van der Waals surface area contributed by atoms with Gasteiger partial charge in [0.15, 0.2) is 0 Å². The molecule has 25 heavy (non-hydrogen) atoms. The van der Waals surface area contributed by atoms with Gasteiger partial charge in [0.25, 0.3) is 0 Å². The van der Waals surface area contributed by atoms with Gasteiger partial charge in [-0.25, -0.2) is 0 Å². The third-order valence-electron chi connectivity index (χ3n) is 5.52. The van der Waals surface area contributed by atoms with E-state index in [2.05, 4.69) is 9.88 Å². The largest absolute Gasteiger partial charge is 0.468 e. The molecule has 1 atom stereocenters. The zero-order valence-electron chi connectivity index (χ0n) is 14.8. The molecule has 5 nitrogen and oxygen atoms in total. The number of hydrogen-bond acceptors (Lipinski definition) is 4. The molecule has 0 aromatic carbocycles. The summed E-state index contributed by atoms with van der Waals surface area (Å²) in [7, 11) is 0. The Morgan fingerprint density at radius 3 is 2.88 bits per heavy atom. The molecule has 5 heteroatoms. The van der Waals surface area contributed by atoms with Crippen LogP contribution < -0.4 is 0 Å². The minimum Gasteiger partial charge on any atom is -0.468 e. The first-order valence-corrected chi connectivity index (χ1v) is 9.11. The maximum Gasteiger partial charge on any atom is 0.230 e. The van der Waals surface area contributed by atoms with Gasteiger partial charge in [0.2, 0.25) is 5.91 Å². The van der Waals surface area contributed by atoms with Crippen molar-refractivity contribution in [2.75, 3.05) is 19.6 Å². The van der Waals surface area contributed by atoms with Crippen LogP contribution in [0.15, 0.2) is 41.0 Å². The van der Waals surface area contributed by atoms with Crippen molar-refractivity contribution in [1.82, 2.24) is 14.8 Å². The Balaban J connectivity index is 1.44. The summed E-state index contributed by atoms with van der Waals surface area (Å²) >= 11 is 0. The average Bonchev–Trinajstić information content (AvgIpc) is 3.20. The second kappa shape index (κ2) is 6.64. The molecule has 0 saturated carbocycles. The van der Waals surface area contributed by atoms with Gasteiger partial charge in [-0.15, -0.1) is 0 Å². The molecule has 4 heterocycles. The molecule has 0 aliphatic carbocycles. The van der Waals surface area contributed by atoms with Crippen molar-refractivity contribution in [3.8, 4) is 0 Å². The molecule has 0 N–H and O–H groups in total. The second-order valence-corrected chi connectivity index (χ2v) is 7.42. The summed E-state index contributed by atoms with van der Waals surface area (Å²) in [4.78, 5) is 22.1. The molecule has 2 aliphatic rings. The number of nitrogens with zero attached hydrogens (tertiary/aromatic N) is 3. The maximum atomic E-state index is 13.2. The van der Waals surface area contributed by atoms with E-state index in [1.165, 1.54) is 0 Å². The second-order valence-electron chi connectivity index (χ2n) is 7.42. The van der Waals surface area contributed by atoms with E-state index < -0.39 is 0 Å². The fourth-order valence-corrected chi connectivity index (χ4v) is 4.29. The number of likely N-dealkylation sites (tertiary alicyclic amines) is 2. The highest BCUT2D eigenvalue weighted by Gasteiger charge is 2.48. The topological polar surface area (TPSA) is 49.6 Å². The van der Waals surface area contributed by atoms with Gasteiger partial charge in [0.05, 0.1) is 30.5 Å². The highest BCUT2D eigenvalue weighted by molar-refractivity contribution is 5.85. The summed E-state index contributed by atoms with van der Waals surface area (Å²) in [6, 6.07) is 9.94. The first-order chi connectivity index (χ1) is 12.1. The van der Waals surface area contributed by atoms with Crippen LogP contribution in [0.5, 0.6) is 0 Å². The summed E-state index contributed by atoms with van der Waals surface area (Å²) in [5, 5.41) is 0. The molecule has 2 aromatic rings.